The average molecular weight is 257 g/mol. The van der Waals surface area contributed by atoms with Crippen LogP contribution in [0.2, 0.25) is 0 Å². The zero-order valence-electron chi connectivity index (χ0n) is 9.68. The second-order valence-corrected chi connectivity index (χ2v) is 4.05. The maximum Gasteiger partial charge on any atom is 0.220 e. The molecule has 1 amide bonds. The van der Waals surface area contributed by atoms with Crippen LogP contribution in [0.3, 0.4) is 0 Å². The highest BCUT2D eigenvalue weighted by molar-refractivity contribution is 5.85. The number of piperidine rings is 1. The van der Waals surface area contributed by atoms with Crippen molar-refractivity contribution in [3.05, 3.63) is 29.8 Å². The monoisotopic (exact) mass is 256 g/mol. The molecule has 0 spiro atoms. The Bertz CT molecular complexity index is 381. The van der Waals surface area contributed by atoms with Gasteiger partial charge in [-0.25, -0.2) is 0 Å². The predicted octanol–water partition coefficient (Wildman–Crippen LogP) is 1.05. The van der Waals surface area contributed by atoms with Crippen LogP contribution < -0.4 is 15.8 Å². The maximum atomic E-state index is 11.3. The summed E-state index contributed by atoms with van der Waals surface area (Å²) < 4.78 is 5.09. The fourth-order valence-corrected chi connectivity index (χ4v) is 2.01. The molecule has 2 rings (SSSR count). The molecule has 0 bridgehead atoms. The van der Waals surface area contributed by atoms with E-state index in [4.69, 9.17) is 10.5 Å². The first-order valence-electron chi connectivity index (χ1n) is 5.37. The molecule has 1 aromatic carbocycles. The standard InChI is InChI=1S/C12H16N2O2.ClH/c1-16-9-4-2-8(3-5-9)10-6-12(15)14-7-11(10)13;/h2-5,10-11H,6-7,13H2,1H3,(H,14,15);1H. The molecule has 3 N–H and O–H groups in total. The van der Waals surface area contributed by atoms with Crippen molar-refractivity contribution in [2.24, 2.45) is 5.73 Å². The van der Waals surface area contributed by atoms with Crippen LogP contribution in [0.5, 0.6) is 5.75 Å². The normalized spacial score (nSPS) is 23.5. The number of hydrogen-bond acceptors (Lipinski definition) is 3. The van der Waals surface area contributed by atoms with Gasteiger partial charge in [0.25, 0.3) is 0 Å². The molecule has 4 nitrogen and oxygen atoms in total. The molecule has 5 heteroatoms. The number of methoxy groups -OCH3 is 1. The van der Waals surface area contributed by atoms with Crippen molar-refractivity contribution in [2.45, 2.75) is 18.4 Å². The fraction of sp³-hybridized carbons (Fsp3) is 0.417. The Hall–Kier alpha value is -1.26. The van der Waals surface area contributed by atoms with Gasteiger partial charge in [0.2, 0.25) is 5.91 Å². The molecule has 1 aliphatic rings. The van der Waals surface area contributed by atoms with Gasteiger partial charge in [-0.1, -0.05) is 12.1 Å². The molecule has 17 heavy (non-hydrogen) atoms. The number of halogens is 1. The van der Waals surface area contributed by atoms with Crippen molar-refractivity contribution in [3.63, 3.8) is 0 Å². The van der Waals surface area contributed by atoms with Crippen LogP contribution in [0.4, 0.5) is 0 Å². The number of nitrogens with one attached hydrogen (secondary N) is 1. The lowest BCUT2D eigenvalue weighted by atomic mass is 9.86. The fourth-order valence-electron chi connectivity index (χ4n) is 2.01. The molecule has 0 aliphatic carbocycles. The van der Waals surface area contributed by atoms with Crippen LogP contribution in [-0.2, 0) is 4.79 Å². The minimum absolute atomic E-state index is 0. The van der Waals surface area contributed by atoms with E-state index >= 15 is 0 Å². The van der Waals surface area contributed by atoms with Crippen LogP contribution >= 0.6 is 12.4 Å². The Labute approximate surface area is 107 Å². The van der Waals surface area contributed by atoms with E-state index in [2.05, 4.69) is 5.32 Å². The quantitative estimate of drug-likeness (QED) is 0.831. The molecule has 1 aromatic rings. The van der Waals surface area contributed by atoms with Crippen LogP contribution in [0.25, 0.3) is 0 Å². The van der Waals surface area contributed by atoms with E-state index in [1.807, 2.05) is 24.3 Å². The van der Waals surface area contributed by atoms with Gasteiger partial charge in [0, 0.05) is 24.9 Å². The van der Waals surface area contributed by atoms with E-state index in [1.54, 1.807) is 7.11 Å². The summed E-state index contributed by atoms with van der Waals surface area (Å²) in [5.74, 6) is 1.000. The number of ether oxygens (including phenoxy) is 1. The second-order valence-electron chi connectivity index (χ2n) is 4.05. The second kappa shape index (κ2) is 5.89. The molecule has 0 saturated carbocycles. The van der Waals surface area contributed by atoms with Crippen LogP contribution in [0, 0.1) is 0 Å². The Morgan fingerprint density at radius 2 is 2.00 bits per heavy atom. The summed E-state index contributed by atoms with van der Waals surface area (Å²) in [6.07, 6.45) is 0.466. The molecule has 1 fully saturated rings. The highest BCUT2D eigenvalue weighted by Gasteiger charge is 2.27. The van der Waals surface area contributed by atoms with E-state index < -0.39 is 0 Å². The third kappa shape index (κ3) is 3.11. The molecule has 94 valence electrons. The molecule has 0 aromatic heterocycles. The molecular formula is C12H17ClN2O2. The molecule has 2 unspecified atom stereocenters. The zero-order valence-corrected chi connectivity index (χ0v) is 10.5. The van der Waals surface area contributed by atoms with Crippen molar-refractivity contribution in [3.8, 4) is 5.75 Å². The van der Waals surface area contributed by atoms with Gasteiger partial charge in [0.15, 0.2) is 0 Å². The van der Waals surface area contributed by atoms with E-state index in [-0.39, 0.29) is 30.3 Å². The van der Waals surface area contributed by atoms with Crippen molar-refractivity contribution in [2.75, 3.05) is 13.7 Å². The SMILES string of the molecule is COc1ccc(C2CC(=O)NCC2N)cc1.Cl. The number of amides is 1. The first kappa shape index (κ1) is 13.8. The Morgan fingerprint density at radius 3 is 2.59 bits per heavy atom. The largest absolute Gasteiger partial charge is 0.497 e. The van der Waals surface area contributed by atoms with Gasteiger partial charge in [-0.05, 0) is 17.7 Å². The first-order chi connectivity index (χ1) is 7.70. The zero-order chi connectivity index (χ0) is 11.5. The highest BCUT2D eigenvalue weighted by atomic mass is 35.5. The van der Waals surface area contributed by atoms with Gasteiger partial charge in [-0.15, -0.1) is 12.4 Å². The minimum atomic E-state index is -0.00825. The number of carbonyl (C=O) groups is 1. The van der Waals surface area contributed by atoms with Gasteiger partial charge >= 0.3 is 0 Å². The number of rotatable bonds is 2. The van der Waals surface area contributed by atoms with Gasteiger partial charge < -0.3 is 15.8 Å². The smallest absolute Gasteiger partial charge is 0.220 e. The predicted molar refractivity (Wildman–Crippen MR) is 68.6 cm³/mol. The summed E-state index contributed by atoms with van der Waals surface area (Å²) in [6, 6.07) is 7.73. The van der Waals surface area contributed by atoms with Crippen molar-refractivity contribution < 1.29 is 9.53 Å². The summed E-state index contributed by atoms with van der Waals surface area (Å²) in [5.41, 5.74) is 7.10. The van der Waals surface area contributed by atoms with Crippen molar-refractivity contribution in [1.29, 1.82) is 0 Å². The number of carbonyl (C=O) groups excluding carboxylic acids is 1. The number of benzene rings is 1. The van der Waals surface area contributed by atoms with E-state index in [0.717, 1.165) is 11.3 Å². The maximum absolute atomic E-state index is 11.3. The topological polar surface area (TPSA) is 64.3 Å². The minimum Gasteiger partial charge on any atom is -0.497 e. The Balaban J connectivity index is 0.00000144. The summed E-state index contributed by atoms with van der Waals surface area (Å²) in [5, 5.41) is 2.77. The summed E-state index contributed by atoms with van der Waals surface area (Å²) in [6.45, 7) is 0.551. The van der Waals surface area contributed by atoms with Crippen LogP contribution in [0.15, 0.2) is 24.3 Å². The molecule has 1 heterocycles. The van der Waals surface area contributed by atoms with Gasteiger partial charge in [0.1, 0.15) is 5.75 Å². The van der Waals surface area contributed by atoms with Gasteiger partial charge in [-0.2, -0.15) is 0 Å². The van der Waals surface area contributed by atoms with Crippen molar-refractivity contribution in [1.82, 2.24) is 5.32 Å². The van der Waals surface area contributed by atoms with Crippen molar-refractivity contribution >= 4 is 18.3 Å². The molecule has 2 atom stereocenters. The third-order valence-corrected chi connectivity index (χ3v) is 3.00. The van der Waals surface area contributed by atoms with Crippen LogP contribution in [0.1, 0.15) is 17.9 Å². The molecule has 1 aliphatic heterocycles. The van der Waals surface area contributed by atoms with Gasteiger partial charge in [-0.3, -0.25) is 4.79 Å². The average Bonchev–Trinajstić information content (AvgIpc) is 2.32. The Morgan fingerprint density at radius 1 is 1.35 bits per heavy atom. The molecular weight excluding hydrogens is 240 g/mol. The van der Waals surface area contributed by atoms with E-state index in [0.29, 0.717) is 13.0 Å². The van der Waals surface area contributed by atoms with E-state index in [1.165, 1.54) is 0 Å². The molecule has 0 radical (unpaired) electrons. The first-order valence-corrected chi connectivity index (χ1v) is 5.37. The summed E-state index contributed by atoms with van der Waals surface area (Å²) in [7, 11) is 1.63. The summed E-state index contributed by atoms with van der Waals surface area (Å²) in [4.78, 5) is 11.3. The number of hydrogen-bond donors (Lipinski definition) is 2. The highest BCUT2D eigenvalue weighted by Crippen LogP contribution is 2.26. The van der Waals surface area contributed by atoms with Crippen LogP contribution in [-0.4, -0.2) is 25.6 Å². The van der Waals surface area contributed by atoms with E-state index in [9.17, 15) is 4.79 Å². The lowest BCUT2D eigenvalue weighted by Crippen LogP contribution is -2.47. The lowest BCUT2D eigenvalue weighted by molar-refractivity contribution is -0.122. The summed E-state index contributed by atoms with van der Waals surface area (Å²) >= 11 is 0. The number of nitrogens with two attached hydrogens (primary N) is 1. The Kier molecular flexibility index (Phi) is 4.78. The third-order valence-electron chi connectivity index (χ3n) is 3.00. The lowest BCUT2D eigenvalue weighted by Gasteiger charge is -2.29. The van der Waals surface area contributed by atoms with Gasteiger partial charge in [0.05, 0.1) is 7.11 Å². The molecule has 1 saturated heterocycles.